The van der Waals surface area contributed by atoms with Crippen LogP contribution in [-0.4, -0.2) is 45.6 Å². The predicted octanol–water partition coefficient (Wildman–Crippen LogP) is 1.98. The number of halogens is 1. The second-order valence-electron chi connectivity index (χ2n) is 4.32. The SMILES string of the molecule is COCCN(CCOC)c1cccc(F)c1[C@H](C)O. The van der Waals surface area contributed by atoms with Gasteiger partial charge < -0.3 is 19.5 Å². The maximum atomic E-state index is 13.9. The summed E-state index contributed by atoms with van der Waals surface area (Å²) in [4.78, 5) is 1.96. The lowest BCUT2D eigenvalue weighted by Crippen LogP contribution is -2.32. The summed E-state index contributed by atoms with van der Waals surface area (Å²) in [7, 11) is 3.24. The Kier molecular flexibility index (Phi) is 6.77. The van der Waals surface area contributed by atoms with E-state index in [1.807, 2.05) is 4.90 Å². The number of aliphatic hydroxyl groups excluding tert-OH is 1. The van der Waals surface area contributed by atoms with E-state index < -0.39 is 11.9 Å². The maximum Gasteiger partial charge on any atom is 0.131 e. The number of hydrogen-bond acceptors (Lipinski definition) is 4. The van der Waals surface area contributed by atoms with Crippen LogP contribution in [0.2, 0.25) is 0 Å². The highest BCUT2D eigenvalue weighted by Crippen LogP contribution is 2.28. The minimum Gasteiger partial charge on any atom is -0.389 e. The van der Waals surface area contributed by atoms with E-state index in [1.54, 1.807) is 33.3 Å². The van der Waals surface area contributed by atoms with Crippen LogP contribution < -0.4 is 4.90 Å². The summed E-state index contributed by atoms with van der Waals surface area (Å²) in [6.07, 6.45) is -0.858. The summed E-state index contributed by atoms with van der Waals surface area (Å²) in [5.74, 6) is -0.396. The Morgan fingerprint density at radius 2 is 1.79 bits per heavy atom. The number of ether oxygens (including phenoxy) is 2. The molecule has 1 aromatic rings. The second-order valence-corrected chi connectivity index (χ2v) is 4.32. The molecule has 0 saturated heterocycles. The molecule has 0 unspecified atom stereocenters. The maximum absolute atomic E-state index is 13.9. The smallest absolute Gasteiger partial charge is 0.131 e. The lowest BCUT2D eigenvalue weighted by Gasteiger charge is -2.27. The molecular weight excluding hydrogens is 249 g/mol. The number of methoxy groups -OCH3 is 2. The number of benzene rings is 1. The van der Waals surface area contributed by atoms with E-state index in [1.165, 1.54) is 6.07 Å². The molecule has 1 N–H and O–H groups in total. The van der Waals surface area contributed by atoms with Gasteiger partial charge in [-0.05, 0) is 19.1 Å². The third-order valence-corrected chi connectivity index (χ3v) is 2.92. The Balaban J connectivity index is 3.02. The van der Waals surface area contributed by atoms with Crippen LogP contribution in [0.3, 0.4) is 0 Å². The summed E-state index contributed by atoms with van der Waals surface area (Å²) in [6.45, 7) is 3.84. The fourth-order valence-electron chi connectivity index (χ4n) is 1.97. The van der Waals surface area contributed by atoms with Crippen molar-refractivity contribution in [3.8, 4) is 0 Å². The molecule has 19 heavy (non-hydrogen) atoms. The third kappa shape index (κ3) is 4.45. The van der Waals surface area contributed by atoms with Crippen molar-refractivity contribution in [1.29, 1.82) is 0 Å². The highest BCUT2D eigenvalue weighted by Gasteiger charge is 2.18. The van der Waals surface area contributed by atoms with Gasteiger partial charge in [-0.25, -0.2) is 4.39 Å². The molecule has 0 amide bonds. The molecule has 0 spiro atoms. The van der Waals surface area contributed by atoms with Gasteiger partial charge in [-0.3, -0.25) is 0 Å². The standard InChI is InChI=1S/C14H22FNO3/c1-11(17)14-12(15)5-4-6-13(14)16(7-9-18-2)8-10-19-3/h4-6,11,17H,7-10H2,1-3H3/t11-/m0/s1. The Labute approximate surface area is 113 Å². The lowest BCUT2D eigenvalue weighted by atomic mass is 10.1. The highest BCUT2D eigenvalue weighted by atomic mass is 19.1. The van der Waals surface area contributed by atoms with Crippen LogP contribution in [0.4, 0.5) is 10.1 Å². The van der Waals surface area contributed by atoms with Gasteiger partial charge in [0, 0.05) is 38.6 Å². The molecule has 1 atom stereocenters. The Morgan fingerprint density at radius 1 is 1.21 bits per heavy atom. The molecule has 1 aromatic carbocycles. The lowest BCUT2D eigenvalue weighted by molar-refractivity contribution is 0.186. The number of nitrogens with zero attached hydrogens (tertiary/aromatic N) is 1. The normalized spacial score (nSPS) is 12.5. The van der Waals surface area contributed by atoms with Crippen LogP contribution in [-0.2, 0) is 9.47 Å². The minimum atomic E-state index is -0.858. The van der Waals surface area contributed by atoms with Crippen molar-refractivity contribution in [2.24, 2.45) is 0 Å². The molecule has 0 aliphatic heterocycles. The molecule has 0 radical (unpaired) electrons. The molecule has 108 valence electrons. The summed E-state index contributed by atoms with van der Waals surface area (Å²) in [5, 5.41) is 9.76. The molecule has 5 heteroatoms. The molecule has 0 aromatic heterocycles. The van der Waals surface area contributed by atoms with E-state index in [4.69, 9.17) is 9.47 Å². The van der Waals surface area contributed by atoms with E-state index >= 15 is 0 Å². The zero-order chi connectivity index (χ0) is 14.3. The monoisotopic (exact) mass is 271 g/mol. The van der Waals surface area contributed by atoms with Gasteiger partial charge in [0.15, 0.2) is 0 Å². The van der Waals surface area contributed by atoms with Gasteiger partial charge in [0.1, 0.15) is 5.82 Å². The largest absolute Gasteiger partial charge is 0.389 e. The van der Waals surface area contributed by atoms with E-state index in [0.29, 0.717) is 37.6 Å². The van der Waals surface area contributed by atoms with E-state index in [2.05, 4.69) is 0 Å². The molecule has 0 aliphatic rings. The Morgan fingerprint density at radius 3 is 2.26 bits per heavy atom. The van der Waals surface area contributed by atoms with Crippen LogP contribution in [0.1, 0.15) is 18.6 Å². The average molecular weight is 271 g/mol. The van der Waals surface area contributed by atoms with E-state index in [9.17, 15) is 9.50 Å². The summed E-state index contributed by atoms with van der Waals surface area (Å²) >= 11 is 0. The molecule has 0 bridgehead atoms. The van der Waals surface area contributed by atoms with Gasteiger partial charge in [-0.1, -0.05) is 6.07 Å². The van der Waals surface area contributed by atoms with Crippen molar-refractivity contribution in [2.75, 3.05) is 45.4 Å². The quantitative estimate of drug-likeness (QED) is 0.785. The first-order valence-corrected chi connectivity index (χ1v) is 6.31. The fourth-order valence-corrected chi connectivity index (χ4v) is 1.97. The van der Waals surface area contributed by atoms with Gasteiger partial charge in [-0.2, -0.15) is 0 Å². The van der Waals surface area contributed by atoms with Crippen molar-refractivity contribution in [3.63, 3.8) is 0 Å². The molecule has 0 heterocycles. The molecule has 4 nitrogen and oxygen atoms in total. The van der Waals surface area contributed by atoms with Crippen LogP contribution in [0, 0.1) is 5.82 Å². The average Bonchev–Trinajstić information content (AvgIpc) is 2.38. The van der Waals surface area contributed by atoms with Crippen molar-refractivity contribution in [2.45, 2.75) is 13.0 Å². The molecule has 1 rings (SSSR count). The number of rotatable bonds is 8. The van der Waals surface area contributed by atoms with Crippen molar-refractivity contribution >= 4 is 5.69 Å². The summed E-state index contributed by atoms with van der Waals surface area (Å²) < 4.78 is 24.0. The topological polar surface area (TPSA) is 41.9 Å². The first-order valence-electron chi connectivity index (χ1n) is 6.31. The molecule has 0 fully saturated rings. The van der Waals surface area contributed by atoms with Crippen LogP contribution >= 0.6 is 0 Å². The van der Waals surface area contributed by atoms with E-state index in [0.717, 1.165) is 0 Å². The van der Waals surface area contributed by atoms with Crippen LogP contribution in [0.15, 0.2) is 18.2 Å². The van der Waals surface area contributed by atoms with Gasteiger partial charge >= 0.3 is 0 Å². The van der Waals surface area contributed by atoms with Gasteiger partial charge in [0.25, 0.3) is 0 Å². The van der Waals surface area contributed by atoms with Crippen LogP contribution in [0.25, 0.3) is 0 Å². The van der Waals surface area contributed by atoms with Crippen LogP contribution in [0.5, 0.6) is 0 Å². The second kappa shape index (κ2) is 8.09. The van der Waals surface area contributed by atoms with Gasteiger partial charge in [0.2, 0.25) is 0 Å². The van der Waals surface area contributed by atoms with Crippen molar-refractivity contribution in [1.82, 2.24) is 0 Å². The van der Waals surface area contributed by atoms with Gasteiger partial charge in [-0.15, -0.1) is 0 Å². The number of hydrogen-bond donors (Lipinski definition) is 1. The number of anilines is 1. The molecule has 0 aliphatic carbocycles. The number of aliphatic hydroxyl groups is 1. The third-order valence-electron chi connectivity index (χ3n) is 2.92. The molecular formula is C14H22FNO3. The fraction of sp³-hybridized carbons (Fsp3) is 0.571. The Bertz CT molecular complexity index is 377. The molecule has 0 saturated carbocycles. The zero-order valence-corrected chi connectivity index (χ0v) is 11.7. The van der Waals surface area contributed by atoms with E-state index in [-0.39, 0.29) is 0 Å². The minimum absolute atomic E-state index is 0.315. The summed E-state index contributed by atoms with van der Waals surface area (Å²) in [6, 6.07) is 4.80. The summed E-state index contributed by atoms with van der Waals surface area (Å²) in [5.41, 5.74) is 0.999. The van der Waals surface area contributed by atoms with Gasteiger partial charge in [0.05, 0.1) is 19.3 Å². The van der Waals surface area contributed by atoms with Crippen molar-refractivity contribution in [3.05, 3.63) is 29.6 Å². The predicted molar refractivity (Wildman–Crippen MR) is 73.0 cm³/mol. The first-order chi connectivity index (χ1) is 9.11. The zero-order valence-electron chi connectivity index (χ0n) is 11.7. The Hall–Kier alpha value is -1.17. The highest BCUT2D eigenvalue weighted by molar-refractivity contribution is 5.55. The first kappa shape index (κ1) is 15.9. The van der Waals surface area contributed by atoms with Crippen molar-refractivity contribution < 1.29 is 19.0 Å².